The topological polar surface area (TPSA) is 124 Å². The summed E-state index contributed by atoms with van der Waals surface area (Å²) in [5.74, 6) is -5.21. The molecule has 0 aliphatic heterocycles. The van der Waals surface area contributed by atoms with Crippen LogP contribution in [0.3, 0.4) is 0 Å². The number of carboxylic acids is 2. The smallest absolute Gasteiger partial charge is 0.394 e. The molecule has 0 bridgehead atoms. The number of aliphatic carboxylic acids is 2. The van der Waals surface area contributed by atoms with E-state index in [9.17, 15) is 24.6 Å². The summed E-state index contributed by atoms with van der Waals surface area (Å²) in [6.45, 7) is 2.99. The molecular weight excluding hydrogens is 374 g/mol. The molecule has 0 radical (unpaired) electrons. The first-order valence-corrected chi connectivity index (χ1v) is 9.20. The highest BCUT2D eigenvalue weighted by molar-refractivity contribution is 6.31. The molecule has 0 aliphatic carbocycles. The number of aliphatic hydroxyl groups excluding tert-OH is 1. The Kier molecular flexibility index (Phi) is 7.12. The lowest BCUT2D eigenvalue weighted by Gasteiger charge is -2.36. The summed E-state index contributed by atoms with van der Waals surface area (Å²) in [6.07, 6.45) is -0.113. The second-order valence-electron chi connectivity index (χ2n) is 7.45. The molecule has 4 N–H and O–H groups in total. The van der Waals surface area contributed by atoms with Crippen molar-refractivity contribution in [2.24, 2.45) is 5.92 Å². The predicted octanol–water partition coefficient (Wildman–Crippen LogP) is 2.28. The van der Waals surface area contributed by atoms with Gasteiger partial charge in [-0.05, 0) is 23.1 Å². The average molecular weight is 399 g/mol. The van der Waals surface area contributed by atoms with Crippen LogP contribution in [0.4, 0.5) is 0 Å². The molecule has 2 atom stereocenters. The Hall–Kier alpha value is -3.19. The number of carboxylic acid groups (broad SMARTS) is 2. The van der Waals surface area contributed by atoms with Crippen LogP contribution >= 0.6 is 0 Å². The van der Waals surface area contributed by atoms with E-state index in [2.05, 4.69) is 5.32 Å². The summed E-state index contributed by atoms with van der Waals surface area (Å²) in [7, 11) is 0. The van der Waals surface area contributed by atoms with Crippen molar-refractivity contribution in [3.63, 3.8) is 0 Å². The zero-order valence-corrected chi connectivity index (χ0v) is 16.3. The molecule has 2 rings (SSSR count). The van der Waals surface area contributed by atoms with Crippen molar-refractivity contribution in [1.29, 1.82) is 0 Å². The van der Waals surface area contributed by atoms with E-state index in [1.54, 1.807) is 13.8 Å². The van der Waals surface area contributed by atoms with E-state index < -0.39 is 41.8 Å². The summed E-state index contributed by atoms with van der Waals surface area (Å²) in [6, 6.07) is 16.5. The summed E-state index contributed by atoms with van der Waals surface area (Å²) >= 11 is 0. The molecule has 0 saturated heterocycles. The fourth-order valence-electron chi connectivity index (χ4n) is 3.22. The molecule has 154 valence electrons. The number of benzene rings is 2. The van der Waals surface area contributed by atoms with Gasteiger partial charge in [-0.15, -0.1) is 0 Å². The summed E-state index contributed by atoms with van der Waals surface area (Å²) in [5, 5.41) is 30.0. The number of amides is 1. The van der Waals surface area contributed by atoms with E-state index in [0.29, 0.717) is 0 Å². The minimum Gasteiger partial charge on any atom is -0.481 e. The van der Waals surface area contributed by atoms with Crippen LogP contribution < -0.4 is 5.32 Å². The summed E-state index contributed by atoms with van der Waals surface area (Å²) < 4.78 is 0. The highest BCUT2D eigenvalue weighted by atomic mass is 16.4. The monoisotopic (exact) mass is 399 g/mol. The Morgan fingerprint density at radius 3 is 1.97 bits per heavy atom. The summed E-state index contributed by atoms with van der Waals surface area (Å²) in [4.78, 5) is 34.2. The van der Waals surface area contributed by atoms with Gasteiger partial charge in [0, 0.05) is 11.5 Å². The second-order valence-corrected chi connectivity index (χ2v) is 7.45. The minimum absolute atomic E-state index is 0.113. The molecular formula is C22H25NO6. The van der Waals surface area contributed by atoms with E-state index in [4.69, 9.17) is 5.11 Å². The number of aliphatic hydroxyl groups is 1. The number of hydrogen-bond acceptors (Lipinski definition) is 4. The van der Waals surface area contributed by atoms with E-state index in [0.717, 1.165) is 16.7 Å². The zero-order valence-electron chi connectivity index (χ0n) is 16.3. The molecule has 2 aromatic carbocycles. The van der Waals surface area contributed by atoms with Crippen LogP contribution in [0.2, 0.25) is 0 Å². The molecule has 2 aromatic rings. The number of nitrogens with one attached hydrogen (secondary N) is 1. The van der Waals surface area contributed by atoms with Gasteiger partial charge in [-0.25, -0.2) is 4.79 Å². The van der Waals surface area contributed by atoms with Crippen LogP contribution in [0.5, 0.6) is 0 Å². The molecule has 7 heteroatoms. The van der Waals surface area contributed by atoms with Gasteiger partial charge in [0.1, 0.15) is 0 Å². The number of carbonyl (C=O) groups is 3. The molecule has 0 saturated carbocycles. The lowest BCUT2D eigenvalue weighted by Crippen LogP contribution is -2.51. The van der Waals surface area contributed by atoms with Crippen molar-refractivity contribution >= 4 is 17.8 Å². The highest BCUT2D eigenvalue weighted by Gasteiger charge is 2.37. The van der Waals surface area contributed by atoms with Crippen LogP contribution in [0.1, 0.15) is 25.8 Å². The van der Waals surface area contributed by atoms with E-state index in [-0.39, 0.29) is 6.42 Å². The minimum atomic E-state index is -1.65. The SMILES string of the molecule is CC(C)(c1ccc(-c2ccccc2)cc1)[C@H](C[C@@H](CO)C(=O)O)NC(=O)C(=O)O. The van der Waals surface area contributed by atoms with Crippen molar-refractivity contribution in [2.75, 3.05) is 6.61 Å². The number of hydrogen-bond donors (Lipinski definition) is 4. The third-order valence-corrected chi connectivity index (χ3v) is 5.20. The highest BCUT2D eigenvalue weighted by Crippen LogP contribution is 2.32. The van der Waals surface area contributed by atoms with Gasteiger partial charge in [0.15, 0.2) is 0 Å². The van der Waals surface area contributed by atoms with Crippen molar-refractivity contribution < 1.29 is 29.7 Å². The van der Waals surface area contributed by atoms with Gasteiger partial charge in [0.25, 0.3) is 0 Å². The lowest BCUT2D eigenvalue weighted by molar-refractivity contribution is -0.151. The molecule has 1 amide bonds. The Morgan fingerprint density at radius 2 is 1.48 bits per heavy atom. The van der Waals surface area contributed by atoms with Crippen molar-refractivity contribution in [2.45, 2.75) is 31.7 Å². The first-order chi connectivity index (χ1) is 13.7. The largest absolute Gasteiger partial charge is 0.481 e. The first-order valence-electron chi connectivity index (χ1n) is 9.20. The molecule has 0 heterocycles. The maximum absolute atomic E-state index is 11.8. The quantitative estimate of drug-likeness (QED) is 0.505. The van der Waals surface area contributed by atoms with Crippen molar-refractivity contribution in [3.05, 3.63) is 60.2 Å². The Morgan fingerprint density at radius 1 is 0.931 bits per heavy atom. The Labute approximate surface area is 169 Å². The molecule has 0 aromatic heterocycles. The van der Waals surface area contributed by atoms with Gasteiger partial charge < -0.3 is 20.6 Å². The van der Waals surface area contributed by atoms with Crippen molar-refractivity contribution in [3.8, 4) is 11.1 Å². The van der Waals surface area contributed by atoms with Crippen molar-refractivity contribution in [1.82, 2.24) is 5.32 Å². The Balaban J connectivity index is 2.35. The lowest BCUT2D eigenvalue weighted by atomic mass is 9.74. The normalized spacial score (nSPS) is 13.3. The van der Waals surface area contributed by atoms with Gasteiger partial charge >= 0.3 is 17.8 Å². The number of carbonyl (C=O) groups excluding carboxylic acids is 1. The fraction of sp³-hybridized carbons (Fsp3) is 0.318. The maximum atomic E-state index is 11.8. The Bertz CT molecular complexity index is 861. The molecule has 0 fully saturated rings. The van der Waals surface area contributed by atoms with Gasteiger partial charge in [-0.2, -0.15) is 0 Å². The van der Waals surface area contributed by atoms with Gasteiger partial charge in [-0.3, -0.25) is 9.59 Å². The standard InChI is InChI=1S/C22H25NO6/c1-22(2,17-10-8-15(9-11-17)14-6-4-3-5-7-14)18(23-19(25)21(28)29)12-16(13-24)20(26)27/h3-11,16,18,24H,12-13H2,1-2H3,(H,23,25)(H,26,27)(H,28,29)/t16-,18-/m0/s1. The first kappa shape index (κ1) is 22.1. The fourth-order valence-corrected chi connectivity index (χ4v) is 3.22. The molecule has 7 nitrogen and oxygen atoms in total. The number of rotatable bonds is 8. The van der Waals surface area contributed by atoms with Gasteiger partial charge in [-0.1, -0.05) is 68.4 Å². The van der Waals surface area contributed by atoms with Crippen LogP contribution in [0.25, 0.3) is 11.1 Å². The third-order valence-electron chi connectivity index (χ3n) is 5.20. The molecule has 29 heavy (non-hydrogen) atoms. The molecule has 0 aliphatic rings. The maximum Gasteiger partial charge on any atom is 0.394 e. The van der Waals surface area contributed by atoms with Crippen LogP contribution in [-0.4, -0.2) is 45.8 Å². The predicted molar refractivity (Wildman–Crippen MR) is 107 cm³/mol. The van der Waals surface area contributed by atoms with Gasteiger partial charge in [0.05, 0.1) is 12.5 Å². The second kappa shape index (κ2) is 9.34. The van der Waals surface area contributed by atoms with Crippen LogP contribution in [0.15, 0.2) is 54.6 Å². The molecule has 0 spiro atoms. The zero-order chi connectivity index (χ0) is 21.6. The van der Waals surface area contributed by atoms with Crippen LogP contribution in [0, 0.1) is 5.92 Å². The molecule has 0 unspecified atom stereocenters. The van der Waals surface area contributed by atoms with E-state index in [1.807, 2.05) is 54.6 Å². The van der Waals surface area contributed by atoms with E-state index >= 15 is 0 Å². The average Bonchev–Trinajstić information content (AvgIpc) is 2.71. The van der Waals surface area contributed by atoms with Crippen LogP contribution in [-0.2, 0) is 19.8 Å². The van der Waals surface area contributed by atoms with Gasteiger partial charge in [0.2, 0.25) is 0 Å². The third kappa shape index (κ3) is 5.42. The van der Waals surface area contributed by atoms with E-state index in [1.165, 1.54) is 0 Å². The summed E-state index contributed by atoms with van der Waals surface area (Å²) in [5.41, 5.74) is 2.05.